The standard InChI is InChI=1S/C13H17ClN2O2/c14-9-4-5-11(12(15)7-9)13(18)16-6-2-1-3-10(16)8-17/h4-5,7,10,17H,1-3,6,8,15H2. The summed E-state index contributed by atoms with van der Waals surface area (Å²) < 4.78 is 0. The van der Waals surface area contributed by atoms with Gasteiger partial charge in [0, 0.05) is 17.3 Å². The van der Waals surface area contributed by atoms with Crippen LogP contribution in [-0.4, -0.2) is 35.1 Å². The van der Waals surface area contributed by atoms with Crippen LogP contribution in [0.1, 0.15) is 29.6 Å². The van der Waals surface area contributed by atoms with E-state index in [-0.39, 0.29) is 18.6 Å². The molecule has 3 N–H and O–H groups in total. The van der Waals surface area contributed by atoms with Crippen molar-refractivity contribution in [3.8, 4) is 0 Å². The van der Waals surface area contributed by atoms with Gasteiger partial charge in [0.15, 0.2) is 0 Å². The van der Waals surface area contributed by atoms with Crippen molar-refractivity contribution in [3.63, 3.8) is 0 Å². The third-order valence-electron chi connectivity index (χ3n) is 3.34. The lowest BCUT2D eigenvalue weighted by Gasteiger charge is -2.34. The van der Waals surface area contributed by atoms with Crippen LogP contribution < -0.4 is 5.73 Å². The molecule has 4 nitrogen and oxygen atoms in total. The van der Waals surface area contributed by atoms with E-state index in [2.05, 4.69) is 0 Å². The van der Waals surface area contributed by atoms with Gasteiger partial charge in [0.1, 0.15) is 0 Å². The van der Waals surface area contributed by atoms with Crippen molar-refractivity contribution in [2.75, 3.05) is 18.9 Å². The quantitative estimate of drug-likeness (QED) is 0.805. The SMILES string of the molecule is Nc1cc(Cl)ccc1C(=O)N1CCCCC1CO. The van der Waals surface area contributed by atoms with E-state index >= 15 is 0 Å². The number of nitrogens with two attached hydrogens (primary N) is 1. The van der Waals surface area contributed by atoms with Gasteiger partial charge in [0.05, 0.1) is 18.2 Å². The molecule has 1 atom stereocenters. The first-order chi connectivity index (χ1) is 8.63. The van der Waals surface area contributed by atoms with Crippen LogP contribution in [0.15, 0.2) is 18.2 Å². The number of aliphatic hydroxyl groups is 1. The number of rotatable bonds is 2. The first kappa shape index (κ1) is 13.2. The van der Waals surface area contributed by atoms with E-state index < -0.39 is 0 Å². The molecule has 5 heteroatoms. The molecular formula is C13H17ClN2O2. The molecule has 0 bridgehead atoms. The molecular weight excluding hydrogens is 252 g/mol. The molecule has 0 aliphatic carbocycles. The normalized spacial score (nSPS) is 19.9. The van der Waals surface area contributed by atoms with Gasteiger partial charge in [-0.15, -0.1) is 0 Å². The Morgan fingerprint density at radius 1 is 1.50 bits per heavy atom. The molecule has 1 aromatic carbocycles. The maximum absolute atomic E-state index is 12.4. The highest BCUT2D eigenvalue weighted by Crippen LogP contribution is 2.24. The molecule has 0 saturated carbocycles. The molecule has 18 heavy (non-hydrogen) atoms. The zero-order chi connectivity index (χ0) is 13.1. The third-order valence-corrected chi connectivity index (χ3v) is 3.58. The first-order valence-electron chi connectivity index (χ1n) is 6.10. The summed E-state index contributed by atoms with van der Waals surface area (Å²) in [5.74, 6) is -0.122. The molecule has 1 aliphatic rings. The summed E-state index contributed by atoms with van der Waals surface area (Å²) in [7, 11) is 0. The number of anilines is 1. The van der Waals surface area contributed by atoms with Crippen molar-refractivity contribution < 1.29 is 9.90 Å². The van der Waals surface area contributed by atoms with Crippen LogP contribution >= 0.6 is 11.6 Å². The number of hydrogen-bond acceptors (Lipinski definition) is 3. The van der Waals surface area contributed by atoms with Crippen LogP contribution in [0.4, 0.5) is 5.69 Å². The predicted molar refractivity (Wildman–Crippen MR) is 71.6 cm³/mol. The molecule has 1 heterocycles. The number of nitrogen functional groups attached to an aromatic ring is 1. The predicted octanol–water partition coefficient (Wildman–Crippen LogP) is 1.91. The van der Waals surface area contributed by atoms with Gasteiger partial charge in [-0.2, -0.15) is 0 Å². The van der Waals surface area contributed by atoms with Crippen LogP contribution in [0, 0.1) is 0 Å². The first-order valence-corrected chi connectivity index (χ1v) is 6.48. The van der Waals surface area contributed by atoms with Crippen molar-refractivity contribution in [3.05, 3.63) is 28.8 Å². The van der Waals surface area contributed by atoms with Gasteiger partial charge in [-0.1, -0.05) is 11.6 Å². The smallest absolute Gasteiger partial charge is 0.256 e. The van der Waals surface area contributed by atoms with E-state index in [4.69, 9.17) is 17.3 Å². The second-order valence-corrected chi connectivity index (χ2v) is 5.00. The van der Waals surface area contributed by atoms with E-state index in [1.165, 1.54) is 0 Å². The molecule has 2 rings (SSSR count). The Kier molecular flexibility index (Phi) is 4.09. The van der Waals surface area contributed by atoms with Gasteiger partial charge in [-0.25, -0.2) is 0 Å². The van der Waals surface area contributed by atoms with Crippen LogP contribution in [0.3, 0.4) is 0 Å². The maximum atomic E-state index is 12.4. The van der Waals surface area contributed by atoms with Crippen LogP contribution in [-0.2, 0) is 0 Å². The molecule has 1 aliphatic heterocycles. The molecule has 0 aromatic heterocycles. The summed E-state index contributed by atoms with van der Waals surface area (Å²) in [5, 5.41) is 9.84. The summed E-state index contributed by atoms with van der Waals surface area (Å²) in [6, 6.07) is 4.78. The number of amides is 1. The number of likely N-dealkylation sites (tertiary alicyclic amines) is 1. The molecule has 1 aromatic rings. The minimum absolute atomic E-state index is 0.000759. The number of carbonyl (C=O) groups is 1. The van der Waals surface area contributed by atoms with Crippen molar-refractivity contribution in [2.45, 2.75) is 25.3 Å². The fourth-order valence-corrected chi connectivity index (χ4v) is 2.52. The van der Waals surface area contributed by atoms with Crippen molar-refractivity contribution in [1.29, 1.82) is 0 Å². The number of hydrogen-bond donors (Lipinski definition) is 2. The van der Waals surface area contributed by atoms with E-state index in [1.54, 1.807) is 23.1 Å². The number of piperidine rings is 1. The van der Waals surface area contributed by atoms with Gasteiger partial charge in [-0.05, 0) is 37.5 Å². The summed E-state index contributed by atoms with van der Waals surface area (Å²) in [5.41, 5.74) is 6.66. The van der Waals surface area contributed by atoms with E-state index in [1.807, 2.05) is 0 Å². The van der Waals surface area contributed by atoms with Gasteiger partial charge in [0.2, 0.25) is 0 Å². The highest BCUT2D eigenvalue weighted by molar-refractivity contribution is 6.31. The van der Waals surface area contributed by atoms with Crippen molar-refractivity contribution >= 4 is 23.2 Å². The second kappa shape index (κ2) is 5.59. The van der Waals surface area contributed by atoms with E-state index in [0.29, 0.717) is 22.8 Å². The number of aliphatic hydroxyl groups excluding tert-OH is 1. The molecule has 0 radical (unpaired) electrons. The minimum atomic E-state index is -0.122. The highest BCUT2D eigenvalue weighted by atomic mass is 35.5. The second-order valence-electron chi connectivity index (χ2n) is 4.56. The lowest BCUT2D eigenvalue weighted by Crippen LogP contribution is -2.45. The summed E-state index contributed by atoms with van der Waals surface area (Å²) in [6.07, 6.45) is 2.86. The molecule has 1 saturated heterocycles. The Hall–Kier alpha value is -1.26. The van der Waals surface area contributed by atoms with Crippen LogP contribution in [0.5, 0.6) is 0 Å². The fourth-order valence-electron chi connectivity index (χ4n) is 2.34. The monoisotopic (exact) mass is 268 g/mol. The number of halogens is 1. The topological polar surface area (TPSA) is 66.6 Å². The Bertz CT molecular complexity index is 451. The van der Waals surface area contributed by atoms with Gasteiger partial charge >= 0.3 is 0 Å². The molecule has 0 spiro atoms. The number of benzene rings is 1. The number of nitrogens with zero attached hydrogens (tertiary/aromatic N) is 1. The lowest BCUT2D eigenvalue weighted by atomic mass is 10.0. The van der Waals surface area contributed by atoms with Crippen molar-refractivity contribution in [2.24, 2.45) is 0 Å². The van der Waals surface area contributed by atoms with Crippen molar-refractivity contribution in [1.82, 2.24) is 4.90 Å². The van der Waals surface area contributed by atoms with Gasteiger partial charge in [-0.3, -0.25) is 4.79 Å². The Morgan fingerprint density at radius 3 is 2.94 bits per heavy atom. The summed E-state index contributed by atoms with van der Waals surface area (Å²) >= 11 is 5.82. The van der Waals surface area contributed by atoms with Crippen LogP contribution in [0.25, 0.3) is 0 Å². The largest absolute Gasteiger partial charge is 0.398 e. The number of carbonyl (C=O) groups excluding carboxylic acids is 1. The fraction of sp³-hybridized carbons (Fsp3) is 0.462. The summed E-state index contributed by atoms with van der Waals surface area (Å²) in [4.78, 5) is 14.1. The maximum Gasteiger partial charge on any atom is 0.256 e. The lowest BCUT2D eigenvalue weighted by molar-refractivity contribution is 0.0504. The molecule has 1 amide bonds. The minimum Gasteiger partial charge on any atom is -0.398 e. The van der Waals surface area contributed by atoms with Gasteiger partial charge < -0.3 is 15.7 Å². The Labute approximate surface area is 111 Å². The zero-order valence-corrected chi connectivity index (χ0v) is 10.9. The van der Waals surface area contributed by atoms with Crippen LogP contribution in [0.2, 0.25) is 5.02 Å². The average Bonchev–Trinajstić information content (AvgIpc) is 2.38. The third kappa shape index (κ3) is 2.60. The van der Waals surface area contributed by atoms with E-state index in [0.717, 1.165) is 19.3 Å². The van der Waals surface area contributed by atoms with Gasteiger partial charge in [0.25, 0.3) is 5.91 Å². The average molecular weight is 269 g/mol. The Morgan fingerprint density at radius 2 is 2.28 bits per heavy atom. The summed E-state index contributed by atoms with van der Waals surface area (Å²) in [6.45, 7) is 0.672. The molecule has 1 fully saturated rings. The van der Waals surface area contributed by atoms with E-state index in [9.17, 15) is 9.90 Å². The highest BCUT2D eigenvalue weighted by Gasteiger charge is 2.27. The molecule has 1 unspecified atom stereocenters. The zero-order valence-electron chi connectivity index (χ0n) is 10.1. The molecule has 98 valence electrons. The Balaban J connectivity index is 2.24.